The summed E-state index contributed by atoms with van der Waals surface area (Å²) in [6.45, 7) is 1.14. The van der Waals surface area contributed by atoms with Gasteiger partial charge >= 0.3 is 5.97 Å². The molecule has 0 radical (unpaired) electrons. The van der Waals surface area contributed by atoms with E-state index in [1.165, 1.54) is 0 Å². The molecule has 1 heterocycles. The lowest BCUT2D eigenvalue weighted by molar-refractivity contribution is -0.148. The molecule has 11 nitrogen and oxygen atoms in total. The van der Waals surface area contributed by atoms with Crippen molar-refractivity contribution in [2.24, 2.45) is 40.2 Å². The average Bonchev–Trinajstić information content (AvgIpc) is 2.73. The molecule has 1 saturated heterocycles. The fraction of sp³-hybridized carbons (Fsp3) is 0.789. The van der Waals surface area contributed by atoms with Gasteiger partial charge in [0.1, 0.15) is 18.5 Å². The molecular weight excluding hydrogens is 390 g/mol. The van der Waals surface area contributed by atoms with Crippen LogP contribution in [0.25, 0.3) is 0 Å². The lowest BCUT2D eigenvalue weighted by Crippen LogP contribution is -2.50. The maximum Gasteiger partial charge on any atom is 0.323 e. The molecule has 1 aliphatic heterocycles. The number of nitrogens with two attached hydrogens (primary N) is 3. The van der Waals surface area contributed by atoms with Gasteiger partial charge in [0.25, 0.3) is 0 Å². The van der Waals surface area contributed by atoms with Gasteiger partial charge in [-0.3, -0.25) is 14.4 Å². The number of hydrogen-bond donors (Lipinski definition) is 6. The predicted octanol–water partition coefficient (Wildman–Crippen LogP) is -1.18. The number of piperidine rings is 1. The Kier molecular flexibility index (Phi) is 9.81. The molecular formula is C19H35N7O4. The Labute approximate surface area is 176 Å². The minimum Gasteiger partial charge on any atom is -0.463 e. The van der Waals surface area contributed by atoms with E-state index in [1.807, 2.05) is 0 Å². The number of esters is 1. The third kappa shape index (κ3) is 8.15. The molecule has 1 aliphatic carbocycles. The Bertz CT molecular complexity index is 628. The van der Waals surface area contributed by atoms with Gasteiger partial charge in [-0.25, -0.2) is 11.4 Å². The number of rotatable bonds is 11. The minimum atomic E-state index is -0.521. The third-order valence-electron chi connectivity index (χ3n) is 5.98. The molecule has 2 aliphatic rings. The average molecular weight is 426 g/mol. The first-order valence-corrected chi connectivity index (χ1v) is 10.6. The molecule has 170 valence electrons. The van der Waals surface area contributed by atoms with E-state index >= 15 is 0 Å². The maximum atomic E-state index is 12.4. The molecule has 4 atom stereocenters. The fourth-order valence-electron chi connectivity index (χ4n) is 4.36. The van der Waals surface area contributed by atoms with E-state index in [1.54, 1.807) is 0 Å². The summed E-state index contributed by atoms with van der Waals surface area (Å²) < 4.78 is 5.31. The number of carbonyl (C=O) groups excluding carboxylic acids is 3. The number of ether oxygens (including phenoxy) is 1. The van der Waals surface area contributed by atoms with Gasteiger partial charge < -0.3 is 26.8 Å². The molecule has 11 heteroatoms. The number of nitrogens with one attached hydrogen (secondary N) is 3. The number of fused-ring (bicyclic) bond motifs is 1. The SMILES string of the molecule is NN/N=C(\N)CCC1CCC2CNC(C(=O)OCCNC(=O)CCC(N)=O)CC2C1. The van der Waals surface area contributed by atoms with Crippen LogP contribution in [0.5, 0.6) is 0 Å². The summed E-state index contributed by atoms with van der Waals surface area (Å²) in [5.74, 6) is 6.21. The molecule has 0 aromatic carbocycles. The summed E-state index contributed by atoms with van der Waals surface area (Å²) in [4.78, 5) is 34.6. The summed E-state index contributed by atoms with van der Waals surface area (Å²) in [5.41, 5.74) is 13.0. The van der Waals surface area contributed by atoms with E-state index in [0.29, 0.717) is 30.0 Å². The van der Waals surface area contributed by atoms with Crippen LogP contribution in [-0.4, -0.2) is 49.4 Å². The monoisotopic (exact) mass is 425 g/mol. The summed E-state index contributed by atoms with van der Waals surface area (Å²) in [6, 6.07) is -0.316. The summed E-state index contributed by atoms with van der Waals surface area (Å²) in [7, 11) is 0. The largest absolute Gasteiger partial charge is 0.463 e. The zero-order valence-electron chi connectivity index (χ0n) is 17.4. The van der Waals surface area contributed by atoms with Gasteiger partial charge in [-0.1, -0.05) is 6.42 Å². The molecule has 1 saturated carbocycles. The normalized spacial score (nSPS) is 26.4. The Morgan fingerprint density at radius 1 is 1.07 bits per heavy atom. The van der Waals surface area contributed by atoms with Crippen molar-refractivity contribution in [3.05, 3.63) is 0 Å². The number of hydrogen-bond acceptors (Lipinski definition) is 8. The third-order valence-corrected chi connectivity index (χ3v) is 5.98. The van der Waals surface area contributed by atoms with Gasteiger partial charge in [-0.2, -0.15) is 5.10 Å². The molecule has 30 heavy (non-hydrogen) atoms. The van der Waals surface area contributed by atoms with Gasteiger partial charge in [0.05, 0.1) is 6.54 Å². The fourth-order valence-corrected chi connectivity index (χ4v) is 4.36. The first-order valence-electron chi connectivity index (χ1n) is 10.6. The number of amides is 2. The number of hydrazine groups is 1. The van der Waals surface area contributed by atoms with Gasteiger partial charge in [0.15, 0.2) is 0 Å². The number of nitrogens with zero attached hydrogens (tertiary/aromatic N) is 1. The van der Waals surface area contributed by atoms with Gasteiger partial charge in [0.2, 0.25) is 11.8 Å². The Morgan fingerprint density at radius 3 is 2.60 bits per heavy atom. The van der Waals surface area contributed by atoms with E-state index in [-0.39, 0.29) is 43.9 Å². The highest BCUT2D eigenvalue weighted by Gasteiger charge is 2.38. The van der Waals surface area contributed by atoms with Crippen molar-refractivity contribution in [3.63, 3.8) is 0 Å². The molecule has 2 fully saturated rings. The lowest BCUT2D eigenvalue weighted by atomic mass is 9.69. The highest BCUT2D eigenvalue weighted by Crippen LogP contribution is 2.40. The van der Waals surface area contributed by atoms with Crippen LogP contribution in [0, 0.1) is 17.8 Å². The van der Waals surface area contributed by atoms with Gasteiger partial charge in [-0.15, -0.1) is 0 Å². The van der Waals surface area contributed by atoms with Gasteiger partial charge in [0, 0.05) is 19.3 Å². The number of carbonyl (C=O) groups is 3. The first-order chi connectivity index (χ1) is 14.4. The van der Waals surface area contributed by atoms with Crippen LogP contribution in [0.1, 0.15) is 51.4 Å². The van der Waals surface area contributed by atoms with E-state index in [2.05, 4.69) is 21.3 Å². The Morgan fingerprint density at radius 2 is 1.87 bits per heavy atom. The van der Waals surface area contributed by atoms with E-state index in [4.69, 9.17) is 22.0 Å². The highest BCUT2D eigenvalue weighted by molar-refractivity contribution is 5.82. The summed E-state index contributed by atoms with van der Waals surface area (Å²) >= 11 is 0. The van der Waals surface area contributed by atoms with Crippen molar-refractivity contribution in [3.8, 4) is 0 Å². The van der Waals surface area contributed by atoms with Crippen LogP contribution < -0.4 is 33.5 Å². The first kappa shape index (κ1) is 23.9. The summed E-state index contributed by atoms with van der Waals surface area (Å²) in [5, 5.41) is 9.71. The topological polar surface area (TPSA) is 187 Å². The van der Waals surface area contributed by atoms with Crippen LogP contribution in [-0.2, 0) is 19.1 Å². The lowest BCUT2D eigenvalue weighted by Gasteiger charge is -2.42. The van der Waals surface area contributed by atoms with E-state index < -0.39 is 5.91 Å². The van der Waals surface area contributed by atoms with Crippen molar-refractivity contribution >= 4 is 23.6 Å². The smallest absolute Gasteiger partial charge is 0.323 e. The molecule has 0 aromatic rings. The van der Waals surface area contributed by atoms with E-state index in [0.717, 1.165) is 38.6 Å². The van der Waals surface area contributed by atoms with Crippen LogP contribution >= 0.6 is 0 Å². The molecule has 0 spiro atoms. The molecule has 0 bridgehead atoms. The van der Waals surface area contributed by atoms with E-state index in [9.17, 15) is 14.4 Å². The Balaban J connectivity index is 1.68. The van der Waals surface area contributed by atoms with Crippen LogP contribution in [0.4, 0.5) is 0 Å². The standard InChI is InChI=1S/C19H35N7O4/c20-16(25-26-22)4-2-12-1-3-13-11-24-15(10-14(13)9-12)19(29)30-8-7-23-18(28)6-5-17(21)27/h12-15,24,26H,1-11,22H2,(H2,20,25)(H2,21,27)(H,23,28). The number of amidine groups is 1. The highest BCUT2D eigenvalue weighted by atomic mass is 16.5. The molecule has 0 aromatic heterocycles. The molecule has 2 rings (SSSR count). The molecule has 2 amide bonds. The van der Waals surface area contributed by atoms with Crippen molar-refractivity contribution in [1.82, 2.24) is 16.2 Å². The second-order valence-corrected chi connectivity index (χ2v) is 8.15. The molecule has 9 N–H and O–H groups in total. The van der Waals surface area contributed by atoms with Crippen LogP contribution in [0.15, 0.2) is 5.10 Å². The predicted molar refractivity (Wildman–Crippen MR) is 111 cm³/mol. The zero-order chi connectivity index (χ0) is 21.9. The van der Waals surface area contributed by atoms with Crippen molar-refractivity contribution in [1.29, 1.82) is 0 Å². The van der Waals surface area contributed by atoms with Crippen molar-refractivity contribution in [2.75, 3.05) is 19.7 Å². The van der Waals surface area contributed by atoms with Crippen molar-refractivity contribution in [2.45, 2.75) is 57.4 Å². The minimum absolute atomic E-state index is 0.00443. The second kappa shape index (κ2) is 12.3. The second-order valence-electron chi connectivity index (χ2n) is 8.15. The quantitative estimate of drug-likeness (QED) is 0.0596. The van der Waals surface area contributed by atoms with Crippen LogP contribution in [0.3, 0.4) is 0 Å². The van der Waals surface area contributed by atoms with Crippen molar-refractivity contribution < 1.29 is 19.1 Å². The summed E-state index contributed by atoms with van der Waals surface area (Å²) in [6.07, 6.45) is 5.88. The number of primary amides is 1. The molecule has 4 unspecified atom stereocenters. The zero-order valence-corrected chi connectivity index (χ0v) is 17.4. The Hall–Kier alpha value is -2.40. The van der Waals surface area contributed by atoms with Gasteiger partial charge in [-0.05, 0) is 50.0 Å². The van der Waals surface area contributed by atoms with Crippen LogP contribution in [0.2, 0.25) is 0 Å². The maximum absolute atomic E-state index is 12.4. The number of hydrazone groups is 1.